The van der Waals surface area contributed by atoms with Crippen molar-refractivity contribution in [2.45, 2.75) is 116 Å². The molecule has 1 unspecified atom stereocenters. The fraction of sp³-hybridized carbons (Fsp3) is 0.759. The molecule has 9 nitrogen and oxygen atoms in total. The molecule has 0 radical (unpaired) electrons. The molecule has 2 aliphatic rings. The summed E-state index contributed by atoms with van der Waals surface area (Å²) in [4.78, 5) is 38.2. The maximum absolute atomic E-state index is 12.7. The Bertz CT molecular complexity index is 1090. The number of nitrogens with zero attached hydrogens (tertiary/aromatic N) is 4. The lowest BCUT2D eigenvalue weighted by atomic mass is 9.69. The van der Waals surface area contributed by atoms with Gasteiger partial charge in [0.25, 0.3) is 0 Å². The third-order valence-corrected chi connectivity index (χ3v) is 8.85. The van der Waals surface area contributed by atoms with Crippen LogP contribution in [-0.2, 0) is 25.6 Å². The van der Waals surface area contributed by atoms with Crippen LogP contribution in [0.4, 0.5) is 5.82 Å². The van der Waals surface area contributed by atoms with E-state index in [2.05, 4.69) is 27.2 Å². The van der Waals surface area contributed by atoms with Gasteiger partial charge in [-0.15, -0.1) is 0 Å². The molecule has 4 rings (SSSR count). The standard InChI is InChI=1S/C29H44ClN5O4/c1-3-4-5-6-7-10-23(36)32-25-24-26(34-28(30)33-25)35(20-31-24)18-13-22(38-2)19-39-27(37)21-11-16-29(17-12-21)14-8-9-15-29/h20-22H,3-19H2,1-2H3,(H,32,33,34,36). The minimum absolute atomic E-state index is 0.00939. The molecule has 2 saturated carbocycles. The molecule has 0 saturated heterocycles. The molecule has 10 heteroatoms. The number of nitrogens with one attached hydrogen (secondary N) is 1. The number of amides is 1. The number of hydrogen-bond acceptors (Lipinski definition) is 7. The van der Waals surface area contributed by atoms with Gasteiger partial charge in [0.15, 0.2) is 17.0 Å². The van der Waals surface area contributed by atoms with Crippen LogP contribution in [0.5, 0.6) is 0 Å². The van der Waals surface area contributed by atoms with E-state index in [1.54, 1.807) is 13.4 Å². The molecule has 0 aliphatic heterocycles. The smallest absolute Gasteiger partial charge is 0.309 e. The molecule has 2 aromatic heterocycles. The number of esters is 1. The molecule has 2 aromatic rings. The summed E-state index contributed by atoms with van der Waals surface area (Å²) < 4.78 is 13.2. The highest BCUT2D eigenvalue weighted by atomic mass is 35.5. The number of ether oxygens (including phenoxy) is 2. The van der Waals surface area contributed by atoms with Gasteiger partial charge in [-0.1, -0.05) is 45.4 Å². The third-order valence-electron chi connectivity index (χ3n) is 8.68. The van der Waals surface area contributed by atoms with Crippen molar-refractivity contribution < 1.29 is 19.1 Å². The number of anilines is 1. The first-order valence-corrected chi connectivity index (χ1v) is 15.2. The normalized spacial score (nSPS) is 18.0. The molecule has 2 aliphatic carbocycles. The number of aryl methyl sites for hydroxylation is 1. The predicted octanol–water partition coefficient (Wildman–Crippen LogP) is 6.48. The van der Waals surface area contributed by atoms with Crippen molar-refractivity contribution in [1.82, 2.24) is 19.5 Å². The van der Waals surface area contributed by atoms with E-state index in [1.165, 1.54) is 38.5 Å². The fourth-order valence-corrected chi connectivity index (χ4v) is 6.35. The molecule has 0 aromatic carbocycles. The zero-order valence-electron chi connectivity index (χ0n) is 23.6. The van der Waals surface area contributed by atoms with E-state index in [9.17, 15) is 9.59 Å². The Balaban J connectivity index is 1.26. The Morgan fingerprint density at radius 1 is 1.13 bits per heavy atom. The quantitative estimate of drug-likeness (QED) is 0.160. The number of imidazole rings is 1. The Labute approximate surface area is 236 Å². The largest absolute Gasteiger partial charge is 0.463 e. The van der Waals surface area contributed by atoms with Crippen LogP contribution in [-0.4, -0.2) is 51.2 Å². The SMILES string of the molecule is CCCCCCCC(=O)Nc1nc(Cl)nc2c1ncn2CCC(COC(=O)C1CCC2(CCCC2)CC1)OC. The first-order chi connectivity index (χ1) is 18.9. The summed E-state index contributed by atoms with van der Waals surface area (Å²) in [5, 5.41) is 2.90. The minimum Gasteiger partial charge on any atom is -0.463 e. The Kier molecular flexibility index (Phi) is 11.0. The monoisotopic (exact) mass is 561 g/mol. The van der Waals surface area contributed by atoms with Gasteiger partial charge < -0.3 is 19.4 Å². The molecule has 1 spiro atoms. The molecule has 1 atom stereocenters. The lowest BCUT2D eigenvalue weighted by Gasteiger charge is -2.36. The number of fused-ring (bicyclic) bond motifs is 1. The number of carbonyl (C=O) groups is 2. The Morgan fingerprint density at radius 2 is 1.87 bits per heavy atom. The van der Waals surface area contributed by atoms with Crippen LogP contribution in [0.15, 0.2) is 6.33 Å². The number of hydrogen-bond donors (Lipinski definition) is 1. The Morgan fingerprint density at radius 3 is 2.59 bits per heavy atom. The van der Waals surface area contributed by atoms with Gasteiger partial charge in [-0.2, -0.15) is 9.97 Å². The first-order valence-electron chi connectivity index (χ1n) is 14.8. The number of carbonyl (C=O) groups excluding carboxylic acids is 2. The van der Waals surface area contributed by atoms with Crippen molar-refractivity contribution in [3.8, 4) is 0 Å². The van der Waals surface area contributed by atoms with E-state index in [4.69, 9.17) is 21.1 Å². The average molecular weight is 562 g/mol. The predicted molar refractivity (Wildman–Crippen MR) is 152 cm³/mol. The Hall–Kier alpha value is -2.26. The summed E-state index contributed by atoms with van der Waals surface area (Å²) >= 11 is 6.19. The van der Waals surface area contributed by atoms with Crippen molar-refractivity contribution in [3.63, 3.8) is 0 Å². The van der Waals surface area contributed by atoms with Crippen LogP contribution >= 0.6 is 11.6 Å². The lowest BCUT2D eigenvalue weighted by Crippen LogP contribution is -2.31. The summed E-state index contributed by atoms with van der Waals surface area (Å²) in [5.74, 6) is 0.138. The van der Waals surface area contributed by atoms with Crippen LogP contribution in [0.25, 0.3) is 11.2 Å². The topological polar surface area (TPSA) is 108 Å². The van der Waals surface area contributed by atoms with E-state index in [0.717, 1.165) is 44.9 Å². The van der Waals surface area contributed by atoms with Crippen LogP contribution in [0, 0.1) is 11.3 Å². The van der Waals surface area contributed by atoms with Gasteiger partial charge in [0.2, 0.25) is 11.2 Å². The highest BCUT2D eigenvalue weighted by Crippen LogP contribution is 2.50. The number of rotatable bonds is 14. The summed E-state index contributed by atoms with van der Waals surface area (Å²) in [6.45, 7) is 2.93. The summed E-state index contributed by atoms with van der Waals surface area (Å²) in [5.41, 5.74) is 1.54. The van der Waals surface area contributed by atoms with Crippen LogP contribution < -0.4 is 5.32 Å². The number of aromatic nitrogens is 4. The van der Waals surface area contributed by atoms with Crippen molar-refractivity contribution in [3.05, 3.63) is 11.6 Å². The van der Waals surface area contributed by atoms with Crippen molar-refractivity contribution in [2.75, 3.05) is 19.0 Å². The van der Waals surface area contributed by atoms with E-state index in [1.807, 2.05) is 4.57 Å². The second-order valence-electron chi connectivity index (χ2n) is 11.4. The average Bonchev–Trinajstić information content (AvgIpc) is 3.56. The van der Waals surface area contributed by atoms with Crippen LogP contribution in [0.3, 0.4) is 0 Å². The molecule has 1 N–H and O–H groups in total. The highest BCUT2D eigenvalue weighted by molar-refractivity contribution is 6.28. The van der Waals surface area contributed by atoms with Crippen molar-refractivity contribution >= 4 is 40.5 Å². The van der Waals surface area contributed by atoms with Crippen molar-refractivity contribution in [1.29, 1.82) is 0 Å². The summed E-state index contributed by atoms with van der Waals surface area (Å²) in [6, 6.07) is 0. The molecule has 216 valence electrons. The van der Waals surface area contributed by atoms with Crippen LogP contribution in [0.1, 0.15) is 103 Å². The third kappa shape index (κ3) is 8.13. The van der Waals surface area contributed by atoms with E-state index in [0.29, 0.717) is 41.8 Å². The van der Waals surface area contributed by atoms with Gasteiger partial charge in [0.05, 0.1) is 18.3 Å². The minimum atomic E-state index is -0.250. The van der Waals surface area contributed by atoms with Crippen LogP contribution in [0.2, 0.25) is 5.28 Å². The second-order valence-corrected chi connectivity index (χ2v) is 11.8. The van der Waals surface area contributed by atoms with E-state index >= 15 is 0 Å². The first kappa shape index (κ1) is 29.7. The molecular weight excluding hydrogens is 518 g/mol. The number of unbranched alkanes of at least 4 members (excludes halogenated alkanes) is 4. The maximum atomic E-state index is 12.7. The van der Waals surface area contributed by atoms with Gasteiger partial charge in [-0.3, -0.25) is 9.59 Å². The fourth-order valence-electron chi connectivity index (χ4n) is 6.19. The molecule has 2 fully saturated rings. The van der Waals surface area contributed by atoms with E-state index < -0.39 is 0 Å². The van der Waals surface area contributed by atoms with Gasteiger partial charge in [-0.05, 0) is 68.4 Å². The van der Waals surface area contributed by atoms with Gasteiger partial charge in [0.1, 0.15) is 6.61 Å². The molecule has 1 amide bonds. The number of methoxy groups -OCH3 is 1. The zero-order valence-corrected chi connectivity index (χ0v) is 24.3. The summed E-state index contributed by atoms with van der Waals surface area (Å²) in [7, 11) is 1.63. The molecular formula is C29H44ClN5O4. The van der Waals surface area contributed by atoms with Gasteiger partial charge >= 0.3 is 5.97 Å². The van der Waals surface area contributed by atoms with Gasteiger partial charge in [0, 0.05) is 20.1 Å². The van der Waals surface area contributed by atoms with Crippen molar-refractivity contribution in [2.24, 2.45) is 11.3 Å². The molecule has 39 heavy (non-hydrogen) atoms. The summed E-state index contributed by atoms with van der Waals surface area (Å²) in [6.07, 6.45) is 17.3. The second kappa shape index (κ2) is 14.4. The zero-order chi connectivity index (χ0) is 27.7. The molecule has 0 bridgehead atoms. The molecule has 2 heterocycles. The van der Waals surface area contributed by atoms with E-state index in [-0.39, 0.29) is 35.8 Å². The van der Waals surface area contributed by atoms with Gasteiger partial charge in [-0.25, -0.2) is 4.98 Å². The maximum Gasteiger partial charge on any atom is 0.309 e. The lowest BCUT2D eigenvalue weighted by molar-refractivity contribution is -0.154. The highest BCUT2D eigenvalue weighted by Gasteiger charge is 2.39. The number of halogens is 1.